The SMILES string of the molecule is COCCOCCOCCOc1nc(C)ccc1C#N. The van der Waals surface area contributed by atoms with Gasteiger partial charge < -0.3 is 18.9 Å². The molecule has 1 aromatic rings. The van der Waals surface area contributed by atoms with E-state index in [1.54, 1.807) is 19.2 Å². The number of hydrogen-bond acceptors (Lipinski definition) is 6. The summed E-state index contributed by atoms with van der Waals surface area (Å²) < 4.78 is 20.9. The maximum atomic E-state index is 8.92. The summed E-state index contributed by atoms with van der Waals surface area (Å²) in [6, 6.07) is 5.52. The molecule has 0 radical (unpaired) electrons. The molecule has 0 atom stereocenters. The van der Waals surface area contributed by atoms with Gasteiger partial charge in [0, 0.05) is 12.8 Å². The number of hydrogen-bond donors (Lipinski definition) is 0. The van der Waals surface area contributed by atoms with Crippen molar-refractivity contribution >= 4 is 0 Å². The maximum Gasteiger partial charge on any atom is 0.231 e. The molecule has 1 heterocycles. The highest BCUT2D eigenvalue weighted by atomic mass is 16.6. The van der Waals surface area contributed by atoms with E-state index >= 15 is 0 Å². The molecule has 20 heavy (non-hydrogen) atoms. The molecule has 6 heteroatoms. The molecule has 0 saturated heterocycles. The first-order valence-corrected chi connectivity index (χ1v) is 6.43. The van der Waals surface area contributed by atoms with Crippen molar-refractivity contribution in [2.24, 2.45) is 0 Å². The molecule has 0 spiro atoms. The molecule has 0 amide bonds. The molecule has 6 nitrogen and oxygen atoms in total. The second-order valence-corrected chi connectivity index (χ2v) is 3.98. The van der Waals surface area contributed by atoms with Crippen LogP contribution < -0.4 is 4.74 Å². The molecular weight excluding hydrogens is 260 g/mol. The van der Waals surface area contributed by atoms with Crippen LogP contribution in [0.3, 0.4) is 0 Å². The smallest absolute Gasteiger partial charge is 0.231 e. The van der Waals surface area contributed by atoms with E-state index in [-0.39, 0.29) is 0 Å². The average molecular weight is 280 g/mol. The van der Waals surface area contributed by atoms with Crippen LogP contribution in [0.15, 0.2) is 12.1 Å². The van der Waals surface area contributed by atoms with E-state index in [1.807, 2.05) is 13.0 Å². The number of methoxy groups -OCH3 is 1. The summed E-state index contributed by atoms with van der Waals surface area (Å²) in [6.45, 7) is 4.79. The normalized spacial score (nSPS) is 10.2. The van der Waals surface area contributed by atoms with E-state index in [0.29, 0.717) is 51.1 Å². The van der Waals surface area contributed by atoms with Gasteiger partial charge in [0.15, 0.2) is 0 Å². The lowest BCUT2D eigenvalue weighted by Crippen LogP contribution is -2.13. The van der Waals surface area contributed by atoms with E-state index in [2.05, 4.69) is 4.98 Å². The van der Waals surface area contributed by atoms with Gasteiger partial charge in [-0.25, -0.2) is 4.98 Å². The molecule has 0 fully saturated rings. The van der Waals surface area contributed by atoms with Crippen molar-refractivity contribution in [2.75, 3.05) is 46.8 Å². The Hall–Kier alpha value is -1.68. The number of aromatic nitrogens is 1. The Labute approximate surface area is 119 Å². The summed E-state index contributed by atoms with van der Waals surface area (Å²) >= 11 is 0. The summed E-state index contributed by atoms with van der Waals surface area (Å²) in [5.41, 5.74) is 1.24. The molecule has 0 aliphatic heterocycles. The highest BCUT2D eigenvalue weighted by molar-refractivity contribution is 5.38. The summed E-state index contributed by atoms with van der Waals surface area (Å²) in [7, 11) is 1.63. The highest BCUT2D eigenvalue weighted by Crippen LogP contribution is 2.14. The molecule has 110 valence electrons. The number of ether oxygens (including phenoxy) is 4. The lowest BCUT2D eigenvalue weighted by molar-refractivity contribution is 0.0176. The Balaban J connectivity index is 2.12. The minimum Gasteiger partial charge on any atom is -0.474 e. The van der Waals surface area contributed by atoms with Gasteiger partial charge in [-0.15, -0.1) is 0 Å². The van der Waals surface area contributed by atoms with Crippen LogP contribution in [0.1, 0.15) is 11.3 Å². The lowest BCUT2D eigenvalue weighted by atomic mass is 10.2. The molecule has 0 N–H and O–H groups in total. The van der Waals surface area contributed by atoms with Gasteiger partial charge >= 0.3 is 0 Å². The van der Waals surface area contributed by atoms with Crippen molar-refractivity contribution < 1.29 is 18.9 Å². The van der Waals surface area contributed by atoms with Crippen molar-refractivity contribution in [1.82, 2.24) is 4.98 Å². The Morgan fingerprint density at radius 3 is 2.35 bits per heavy atom. The zero-order valence-electron chi connectivity index (χ0n) is 11.9. The van der Waals surface area contributed by atoms with Gasteiger partial charge in [0.05, 0.1) is 33.0 Å². The van der Waals surface area contributed by atoms with Gasteiger partial charge in [-0.2, -0.15) is 5.26 Å². The van der Waals surface area contributed by atoms with Crippen LogP contribution in [0.5, 0.6) is 5.88 Å². The predicted molar refractivity (Wildman–Crippen MR) is 72.7 cm³/mol. The lowest BCUT2D eigenvalue weighted by Gasteiger charge is -2.08. The maximum absolute atomic E-state index is 8.92. The van der Waals surface area contributed by atoms with E-state index < -0.39 is 0 Å². The molecular formula is C14H20N2O4. The van der Waals surface area contributed by atoms with Gasteiger partial charge in [0.1, 0.15) is 18.2 Å². The summed E-state index contributed by atoms with van der Waals surface area (Å²) in [5, 5.41) is 8.92. The zero-order valence-corrected chi connectivity index (χ0v) is 11.9. The minimum absolute atomic E-state index is 0.350. The first-order chi connectivity index (χ1) is 9.77. The Morgan fingerprint density at radius 1 is 1.05 bits per heavy atom. The van der Waals surface area contributed by atoms with Gasteiger partial charge in [0.25, 0.3) is 0 Å². The molecule has 1 rings (SSSR count). The van der Waals surface area contributed by atoms with Crippen molar-refractivity contribution in [3.05, 3.63) is 23.4 Å². The highest BCUT2D eigenvalue weighted by Gasteiger charge is 2.04. The number of nitriles is 1. The molecule has 0 unspecified atom stereocenters. The molecule has 0 aromatic carbocycles. The first-order valence-electron chi connectivity index (χ1n) is 6.43. The first kappa shape index (κ1) is 16.4. The molecule has 0 bridgehead atoms. The minimum atomic E-state index is 0.350. The number of aryl methyl sites for hydroxylation is 1. The van der Waals surface area contributed by atoms with Crippen molar-refractivity contribution in [2.45, 2.75) is 6.92 Å². The predicted octanol–water partition coefficient (Wildman–Crippen LogP) is 1.32. The average Bonchev–Trinajstić information content (AvgIpc) is 2.46. The van der Waals surface area contributed by atoms with Crippen LogP contribution in [0.25, 0.3) is 0 Å². The number of nitrogens with zero attached hydrogens (tertiary/aromatic N) is 2. The fraction of sp³-hybridized carbons (Fsp3) is 0.571. The Bertz CT molecular complexity index is 432. The summed E-state index contributed by atoms with van der Waals surface area (Å²) in [4.78, 5) is 4.17. The van der Waals surface area contributed by atoms with E-state index in [4.69, 9.17) is 24.2 Å². The van der Waals surface area contributed by atoms with Gasteiger partial charge in [0.2, 0.25) is 5.88 Å². The van der Waals surface area contributed by atoms with Crippen molar-refractivity contribution in [1.29, 1.82) is 5.26 Å². The molecule has 0 aliphatic carbocycles. The third-order valence-electron chi connectivity index (χ3n) is 2.39. The third-order valence-corrected chi connectivity index (χ3v) is 2.39. The van der Waals surface area contributed by atoms with Crippen LogP contribution in [0.2, 0.25) is 0 Å². The quantitative estimate of drug-likeness (QED) is 0.602. The summed E-state index contributed by atoms with van der Waals surface area (Å²) in [5.74, 6) is 0.354. The van der Waals surface area contributed by atoms with Crippen molar-refractivity contribution in [3.8, 4) is 11.9 Å². The zero-order chi connectivity index (χ0) is 14.6. The monoisotopic (exact) mass is 280 g/mol. The summed E-state index contributed by atoms with van der Waals surface area (Å²) in [6.07, 6.45) is 0. The topological polar surface area (TPSA) is 73.6 Å². The second-order valence-electron chi connectivity index (χ2n) is 3.98. The van der Waals surface area contributed by atoms with Crippen LogP contribution in [-0.4, -0.2) is 51.7 Å². The molecule has 1 aromatic heterocycles. The number of pyridine rings is 1. The van der Waals surface area contributed by atoms with Gasteiger partial charge in [-0.05, 0) is 19.1 Å². The van der Waals surface area contributed by atoms with E-state index in [0.717, 1.165) is 5.69 Å². The van der Waals surface area contributed by atoms with Crippen molar-refractivity contribution in [3.63, 3.8) is 0 Å². The van der Waals surface area contributed by atoms with E-state index in [9.17, 15) is 0 Å². The Morgan fingerprint density at radius 2 is 1.70 bits per heavy atom. The third kappa shape index (κ3) is 6.48. The fourth-order valence-electron chi connectivity index (χ4n) is 1.39. The number of rotatable bonds is 10. The van der Waals surface area contributed by atoms with Crippen LogP contribution in [0, 0.1) is 18.3 Å². The van der Waals surface area contributed by atoms with Gasteiger partial charge in [-0.1, -0.05) is 0 Å². The fourth-order valence-corrected chi connectivity index (χ4v) is 1.39. The molecule has 0 aliphatic rings. The Kier molecular flexibility index (Phi) is 8.31. The van der Waals surface area contributed by atoms with E-state index in [1.165, 1.54) is 0 Å². The van der Waals surface area contributed by atoms with Gasteiger partial charge in [-0.3, -0.25) is 0 Å². The van der Waals surface area contributed by atoms with Crippen LogP contribution in [-0.2, 0) is 14.2 Å². The standard InChI is InChI=1S/C14H20N2O4/c1-12-3-4-13(11-15)14(16-12)20-10-9-19-8-7-18-6-5-17-2/h3-4H,5-10H2,1-2H3. The second kappa shape index (κ2) is 10.1. The molecule has 0 saturated carbocycles. The van der Waals surface area contributed by atoms with Crippen LogP contribution in [0.4, 0.5) is 0 Å². The largest absolute Gasteiger partial charge is 0.474 e. The van der Waals surface area contributed by atoms with Crippen LogP contribution >= 0.6 is 0 Å².